The van der Waals surface area contributed by atoms with Gasteiger partial charge in [0, 0.05) is 12.0 Å². The summed E-state index contributed by atoms with van der Waals surface area (Å²) in [6.07, 6.45) is 3.48. The second-order valence-electron chi connectivity index (χ2n) is 5.04. The molecular weight excluding hydrogens is 267 g/mol. The Morgan fingerprint density at radius 3 is 2.79 bits per heavy atom. The SMILES string of the molecule is Cc1cccc(F)c1NC(=O)C1CCCC(N)C1.Cl. The predicted molar refractivity (Wildman–Crippen MR) is 76.9 cm³/mol. The van der Waals surface area contributed by atoms with Crippen LogP contribution in [0, 0.1) is 18.7 Å². The lowest BCUT2D eigenvalue weighted by Crippen LogP contribution is -2.34. The molecule has 1 fully saturated rings. The third-order valence-corrected chi connectivity index (χ3v) is 3.56. The Morgan fingerprint density at radius 2 is 2.16 bits per heavy atom. The monoisotopic (exact) mass is 286 g/mol. The molecule has 0 heterocycles. The van der Waals surface area contributed by atoms with Gasteiger partial charge in [0.2, 0.25) is 5.91 Å². The molecule has 0 radical (unpaired) electrons. The van der Waals surface area contributed by atoms with Gasteiger partial charge in [0.05, 0.1) is 5.69 Å². The first-order valence-electron chi connectivity index (χ1n) is 6.39. The molecule has 19 heavy (non-hydrogen) atoms. The molecule has 5 heteroatoms. The van der Waals surface area contributed by atoms with Gasteiger partial charge in [-0.05, 0) is 37.8 Å². The maximum absolute atomic E-state index is 13.6. The molecule has 0 saturated heterocycles. The van der Waals surface area contributed by atoms with E-state index >= 15 is 0 Å². The minimum absolute atomic E-state index is 0. The number of nitrogens with two attached hydrogens (primary N) is 1. The number of rotatable bonds is 2. The summed E-state index contributed by atoms with van der Waals surface area (Å²) in [6.45, 7) is 1.78. The van der Waals surface area contributed by atoms with Crippen molar-refractivity contribution in [2.75, 3.05) is 5.32 Å². The molecule has 106 valence electrons. The van der Waals surface area contributed by atoms with Crippen LogP contribution in [0.3, 0.4) is 0 Å². The van der Waals surface area contributed by atoms with Crippen molar-refractivity contribution in [1.82, 2.24) is 0 Å². The summed E-state index contributed by atoms with van der Waals surface area (Å²) < 4.78 is 13.6. The van der Waals surface area contributed by atoms with Gasteiger partial charge >= 0.3 is 0 Å². The summed E-state index contributed by atoms with van der Waals surface area (Å²) in [6, 6.07) is 4.87. The fraction of sp³-hybridized carbons (Fsp3) is 0.500. The van der Waals surface area contributed by atoms with Gasteiger partial charge in [0.1, 0.15) is 5.82 Å². The van der Waals surface area contributed by atoms with Gasteiger partial charge in [0.25, 0.3) is 0 Å². The van der Waals surface area contributed by atoms with E-state index in [1.54, 1.807) is 19.1 Å². The lowest BCUT2D eigenvalue weighted by Gasteiger charge is -2.26. The minimum Gasteiger partial charge on any atom is -0.328 e. The Morgan fingerprint density at radius 1 is 1.42 bits per heavy atom. The average Bonchev–Trinajstić information content (AvgIpc) is 2.34. The Balaban J connectivity index is 0.00000180. The van der Waals surface area contributed by atoms with E-state index in [2.05, 4.69) is 5.32 Å². The Labute approximate surface area is 119 Å². The Hall–Kier alpha value is -1.13. The van der Waals surface area contributed by atoms with Crippen molar-refractivity contribution in [3.05, 3.63) is 29.6 Å². The van der Waals surface area contributed by atoms with Gasteiger partial charge < -0.3 is 11.1 Å². The minimum atomic E-state index is -0.386. The average molecular weight is 287 g/mol. The first-order chi connectivity index (χ1) is 8.58. The molecule has 1 amide bonds. The van der Waals surface area contributed by atoms with Crippen molar-refractivity contribution in [3.8, 4) is 0 Å². The van der Waals surface area contributed by atoms with Gasteiger partial charge in [-0.15, -0.1) is 12.4 Å². The normalized spacial score (nSPS) is 22.5. The quantitative estimate of drug-likeness (QED) is 0.878. The standard InChI is InChI=1S/C14H19FN2O.ClH/c1-9-4-2-7-12(15)13(9)17-14(18)10-5-3-6-11(16)8-10;/h2,4,7,10-11H,3,5-6,8,16H2,1H3,(H,17,18);1H. The second kappa shape index (κ2) is 6.87. The predicted octanol–water partition coefficient (Wildman–Crippen LogP) is 3.01. The van der Waals surface area contributed by atoms with Crippen molar-refractivity contribution in [1.29, 1.82) is 0 Å². The number of anilines is 1. The molecule has 3 N–H and O–H groups in total. The number of aryl methyl sites for hydroxylation is 1. The summed E-state index contributed by atoms with van der Waals surface area (Å²) in [5.74, 6) is -0.588. The molecule has 0 aromatic heterocycles. The summed E-state index contributed by atoms with van der Waals surface area (Å²) >= 11 is 0. The van der Waals surface area contributed by atoms with Crippen molar-refractivity contribution < 1.29 is 9.18 Å². The number of carbonyl (C=O) groups excluding carboxylic acids is 1. The molecule has 1 aromatic rings. The van der Waals surface area contributed by atoms with Crippen molar-refractivity contribution in [2.45, 2.75) is 38.6 Å². The maximum atomic E-state index is 13.6. The molecule has 3 nitrogen and oxygen atoms in total. The van der Waals surface area contributed by atoms with Crippen LogP contribution >= 0.6 is 12.4 Å². The number of hydrogen-bond acceptors (Lipinski definition) is 2. The van der Waals surface area contributed by atoms with E-state index in [0.29, 0.717) is 12.1 Å². The van der Waals surface area contributed by atoms with Crippen LogP contribution in [0.2, 0.25) is 0 Å². The van der Waals surface area contributed by atoms with Crippen molar-refractivity contribution >= 4 is 24.0 Å². The van der Waals surface area contributed by atoms with E-state index in [1.807, 2.05) is 0 Å². The lowest BCUT2D eigenvalue weighted by molar-refractivity contribution is -0.120. The molecule has 1 aliphatic rings. The number of benzene rings is 1. The number of nitrogens with one attached hydrogen (secondary N) is 1. The van der Waals surface area contributed by atoms with Crippen LogP contribution in [0.15, 0.2) is 18.2 Å². The molecule has 2 rings (SSSR count). The van der Waals surface area contributed by atoms with Crippen molar-refractivity contribution in [3.63, 3.8) is 0 Å². The zero-order chi connectivity index (χ0) is 13.1. The van der Waals surface area contributed by atoms with Gasteiger partial charge in [0.15, 0.2) is 0 Å². The third kappa shape index (κ3) is 3.91. The first kappa shape index (κ1) is 15.9. The van der Waals surface area contributed by atoms with Crippen LogP contribution in [0.25, 0.3) is 0 Å². The fourth-order valence-electron chi connectivity index (χ4n) is 2.48. The molecule has 2 unspecified atom stereocenters. The van der Waals surface area contributed by atoms with Crippen molar-refractivity contribution in [2.24, 2.45) is 11.7 Å². The molecule has 0 bridgehead atoms. The topological polar surface area (TPSA) is 55.1 Å². The van der Waals surface area contributed by atoms with Crippen LogP contribution in [-0.4, -0.2) is 11.9 Å². The van der Waals surface area contributed by atoms with Crippen LogP contribution < -0.4 is 11.1 Å². The fourth-order valence-corrected chi connectivity index (χ4v) is 2.48. The molecule has 1 aliphatic carbocycles. The molecule has 1 aromatic carbocycles. The zero-order valence-electron chi connectivity index (χ0n) is 11.0. The number of halogens is 2. The first-order valence-corrected chi connectivity index (χ1v) is 6.39. The van der Waals surface area contributed by atoms with E-state index in [4.69, 9.17) is 5.73 Å². The summed E-state index contributed by atoms with van der Waals surface area (Å²) in [7, 11) is 0. The van der Waals surface area contributed by atoms with Gasteiger partial charge in [-0.25, -0.2) is 4.39 Å². The zero-order valence-corrected chi connectivity index (χ0v) is 11.8. The molecule has 0 aliphatic heterocycles. The van der Waals surface area contributed by atoms with Gasteiger partial charge in [-0.3, -0.25) is 4.79 Å². The van der Waals surface area contributed by atoms with Crippen LogP contribution in [0.1, 0.15) is 31.2 Å². The maximum Gasteiger partial charge on any atom is 0.227 e. The molecule has 1 saturated carbocycles. The lowest BCUT2D eigenvalue weighted by atomic mass is 9.85. The highest BCUT2D eigenvalue weighted by molar-refractivity contribution is 5.93. The number of para-hydroxylation sites is 1. The summed E-state index contributed by atoms with van der Waals surface area (Å²) in [5.41, 5.74) is 6.89. The largest absolute Gasteiger partial charge is 0.328 e. The Kier molecular flexibility index (Phi) is 5.76. The van der Waals surface area contributed by atoms with E-state index < -0.39 is 0 Å². The summed E-state index contributed by atoms with van der Waals surface area (Å²) in [4.78, 5) is 12.1. The highest BCUT2D eigenvalue weighted by atomic mass is 35.5. The number of carbonyl (C=O) groups is 1. The Bertz CT molecular complexity index is 433. The molecular formula is C14H20ClFN2O. The van der Waals surface area contributed by atoms with Gasteiger partial charge in [-0.2, -0.15) is 0 Å². The van der Waals surface area contributed by atoms with Crippen LogP contribution in [0.5, 0.6) is 0 Å². The molecule has 2 atom stereocenters. The second-order valence-corrected chi connectivity index (χ2v) is 5.04. The third-order valence-electron chi connectivity index (χ3n) is 3.56. The number of hydrogen-bond donors (Lipinski definition) is 2. The highest BCUT2D eigenvalue weighted by Crippen LogP contribution is 2.26. The van der Waals surface area contributed by atoms with E-state index in [-0.39, 0.29) is 36.1 Å². The van der Waals surface area contributed by atoms with Crippen LogP contribution in [-0.2, 0) is 4.79 Å². The van der Waals surface area contributed by atoms with Crippen LogP contribution in [0.4, 0.5) is 10.1 Å². The molecule has 0 spiro atoms. The summed E-state index contributed by atoms with van der Waals surface area (Å²) in [5, 5.41) is 2.70. The van der Waals surface area contributed by atoms with Gasteiger partial charge in [-0.1, -0.05) is 18.6 Å². The number of amides is 1. The van der Waals surface area contributed by atoms with E-state index in [1.165, 1.54) is 6.07 Å². The van der Waals surface area contributed by atoms with E-state index in [9.17, 15) is 9.18 Å². The highest BCUT2D eigenvalue weighted by Gasteiger charge is 2.26. The smallest absolute Gasteiger partial charge is 0.227 e. The van der Waals surface area contributed by atoms with E-state index in [0.717, 1.165) is 24.8 Å².